The van der Waals surface area contributed by atoms with Gasteiger partial charge in [0, 0.05) is 12.7 Å². The fraction of sp³-hybridized carbons (Fsp3) is 0.727. The average molecular weight is 241 g/mol. The summed E-state index contributed by atoms with van der Waals surface area (Å²) in [7, 11) is 0. The predicted molar refractivity (Wildman–Crippen MR) is 66.3 cm³/mol. The Morgan fingerprint density at radius 2 is 2.31 bits per heavy atom. The van der Waals surface area contributed by atoms with Gasteiger partial charge >= 0.3 is 0 Å². The van der Waals surface area contributed by atoms with Crippen LogP contribution in [0.3, 0.4) is 0 Å². The highest BCUT2D eigenvalue weighted by Crippen LogP contribution is 2.25. The Bertz CT molecular complexity index is 323. The van der Waals surface area contributed by atoms with E-state index in [1.165, 1.54) is 24.3 Å². The zero-order valence-electron chi connectivity index (χ0n) is 9.38. The van der Waals surface area contributed by atoms with Crippen LogP contribution in [0.4, 0.5) is 0 Å². The maximum atomic E-state index is 9.07. The number of aliphatic hydroxyl groups excluding tert-OH is 1. The first-order valence-electron chi connectivity index (χ1n) is 5.75. The van der Waals surface area contributed by atoms with E-state index in [2.05, 4.69) is 9.55 Å². The lowest BCUT2D eigenvalue weighted by Gasteiger charge is -2.23. The maximum absolute atomic E-state index is 9.07. The molecule has 0 aromatic carbocycles. The van der Waals surface area contributed by atoms with Crippen molar-refractivity contribution in [2.75, 3.05) is 18.1 Å². The van der Waals surface area contributed by atoms with Crippen molar-refractivity contribution >= 4 is 11.8 Å². The number of thioether (sulfide) groups is 1. The number of imidazole rings is 1. The smallest absolute Gasteiger partial charge is 0.0948 e. The molecule has 1 unspecified atom stereocenters. The van der Waals surface area contributed by atoms with Gasteiger partial charge in [0.05, 0.1) is 24.7 Å². The molecule has 5 heteroatoms. The lowest BCUT2D eigenvalue weighted by Crippen LogP contribution is -2.22. The number of nitrogens with zero attached hydrogens (tertiary/aromatic N) is 2. The number of aliphatic hydroxyl groups is 1. The van der Waals surface area contributed by atoms with E-state index in [0.29, 0.717) is 0 Å². The summed E-state index contributed by atoms with van der Waals surface area (Å²) in [5.74, 6) is 3.27. The minimum Gasteiger partial charge on any atom is -0.394 e. The number of hydrogen-bond acceptors (Lipinski definition) is 4. The third kappa shape index (κ3) is 2.78. The molecule has 1 aromatic rings. The van der Waals surface area contributed by atoms with E-state index < -0.39 is 0 Å². The van der Waals surface area contributed by atoms with E-state index in [1.54, 1.807) is 6.20 Å². The van der Waals surface area contributed by atoms with Gasteiger partial charge in [0.1, 0.15) is 0 Å². The van der Waals surface area contributed by atoms with Crippen LogP contribution in [0.15, 0.2) is 12.5 Å². The van der Waals surface area contributed by atoms with E-state index in [1.807, 2.05) is 18.1 Å². The average Bonchev–Trinajstić information content (AvgIpc) is 2.77. The second-order valence-corrected chi connectivity index (χ2v) is 5.54. The Hall–Kier alpha value is -0.520. The molecule has 1 aliphatic rings. The molecule has 0 bridgehead atoms. The SMILES string of the molecule is NC(CO)c1cncn1CC1CCSCC1. The summed E-state index contributed by atoms with van der Waals surface area (Å²) in [4.78, 5) is 4.12. The summed E-state index contributed by atoms with van der Waals surface area (Å²) in [6.45, 7) is 0.968. The number of aromatic nitrogens is 2. The Morgan fingerprint density at radius 1 is 1.56 bits per heavy atom. The first-order valence-corrected chi connectivity index (χ1v) is 6.91. The molecule has 3 N–H and O–H groups in total. The van der Waals surface area contributed by atoms with Crippen LogP contribution in [0.2, 0.25) is 0 Å². The molecule has 90 valence electrons. The monoisotopic (exact) mass is 241 g/mol. The van der Waals surface area contributed by atoms with Gasteiger partial charge in [0.15, 0.2) is 0 Å². The molecule has 1 aromatic heterocycles. The number of rotatable bonds is 4. The maximum Gasteiger partial charge on any atom is 0.0948 e. The van der Waals surface area contributed by atoms with Crippen molar-refractivity contribution in [1.29, 1.82) is 0 Å². The second kappa shape index (κ2) is 5.70. The van der Waals surface area contributed by atoms with Gasteiger partial charge in [-0.25, -0.2) is 4.98 Å². The highest BCUT2D eigenvalue weighted by molar-refractivity contribution is 7.99. The molecule has 2 heterocycles. The van der Waals surface area contributed by atoms with Crippen LogP contribution >= 0.6 is 11.8 Å². The first kappa shape index (κ1) is 12.0. The van der Waals surface area contributed by atoms with E-state index >= 15 is 0 Å². The van der Waals surface area contributed by atoms with Crippen molar-refractivity contribution in [1.82, 2.24) is 9.55 Å². The summed E-state index contributed by atoms with van der Waals surface area (Å²) < 4.78 is 2.10. The van der Waals surface area contributed by atoms with Gasteiger partial charge in [-0.3, -0.25) is 0 Å². The third-order valence-electron chi connectivity index (χ3n) is 3.12. The van der Waals surface area contributed by atoms with Crippen molar-refractivity contribution in [2.45, 2.75) is 25.4 Å². The second-order valence-electron chi connectivity index (χ2n) is 4.32. The topological polar surface area (TPSA) is 64.1 Å². The molecule has 1 atom stereocenters. The van der Waals surface area contributed by atoms with Crippen molar-refractivity contribution in [2.24, 2.45) is 11.7 Å². The predicted octanol–water partition coefficient (Wildman–Crippen LogP) is 1.02. The van der Waals surface area contributed by atoms with Gasteiger partial charge in [-0.2, -0.15) is 11.8 Å². The molecule has 0 radical (unpaired) electrons. The number of hydrogen-bond donors (Lipinski definition) is 2. The quantitative estimate of drug-likeness (QED) is 0.826. The Morgan fingerprint density at radius 3 is 3.00 bits per heavy atom. The van der Waals surface area contributed by atoms with Crippen LogP contribution in [0.5, 0.6) is 0 Å². The third-order valence-corrected chi connectivity index (χ3v) is 4.17. The molecule has 0 spiro atoms. The normalized spacial score (nSPS) is 19.9. The van der Waals surface area contributed by atoms with E-state index in [-0.39, 0.29) is 12.6 Å². The lowest BCUT2D eigenvalue weighted by atomic mass is 10.0. The van der Waals surface area contributed by atoms with Crippen LogP contribution in [-0.2, 0) is 6.54 Å². The number of nitrogens with two attached hydrogens (primary N) is 1. The zero-order valence-corrected chi connectivity index (χ0v) is 10.2. The van der Waals surface area contributed by atoms with Crippen molar-refractivity contribution in [3.05, 3.63) is 18.2 Å². The molecule has 0 saturated carbocycles. The molecule has 2 rings (SSSR count). The minimum atomic E-state index is -0.305. The van der Waals surface area contributed by atoms with Gasteiger partial charge in [-0.05, 0) is 30.3 Å². The highest BCUT2D eigenvalue weighted by Gasteiger charge is 2.17. The van der Waals surface area contributed by atoms with Crippen molar-refractivity contribution < 1.29 is 5.11 Å². The largest absolute Gasteiger partial charge is 0.394 e. The van der Waals surface area contributed by atoms with Crippen LogP contribution in [0, 0.1) is 5.92 Å². The van der Waals surface area contributed by atoms with E-state index in [0.717, 1.165) is 18.2 Å². The van der Waals surface area contributed by atoms with Crippen molar-refractivity contribution in [3.63, 3.8) is 0 Å². The first-order chi connectivity index (χ1) is 7.81. The molecular weight excluding hydrogens is 222 g/mol. The van der Waals surface area contributed by atoms with Crippen LogP contribution in [0.1, 0.15) is 24.6 Å². The van der Waals surface area contributed by atoms with Gasteiger partial charge in [-0.15, -0.1) is 0 Å². The summed E-state index contributed by atoms with van der Waals surface area (Å²) in [6.07, 6.45) is 6.14. The summed E-state index contributed by atoms with van der Waals surface area (Å²) in [5.41, 5.74) is 6.77. The fourth-order valence-electron chi connectivity index (χ4n) is 2.09. The van der Waals surface area contributed by atoms with Gasteiger partial charge < -0.3 is 15.4 Å². The van der Waals surface area contributed by atoms with Gasteiger partial charge in [0.25, 0.3) is 0 Å². The van der Waals surface area contributed by atoms with Crippen LogP contribution in [-0.4, -0.2) is 32.8 Å². The highest BCUT2D eigenvalue weighted by atomic mass is 32.2. The van der Waals surface area contributed by atoms with E-state index in [9.17, 15) is 0 Å². The Kier molecular flexibility index (Phi) is 4.26. The summed E-state index contributed by atoms with van der Waals surface area (Å²) in [5, 5.41) is 9.07. The van der Waals surface area contributed by atoms with Gasteiger partial charge in [-0.1, -0.05) is 0 Å². The Labute approximate surface area is 100 Å². The molecule has 16 heavy (non-hydrogen) atoms. The fourth-order valence-corrected chi connectivity index (χ4v) is 3.30. The Balaban J connectivity index is 2.00. The molecule has 0 amide bonds. The molecule has 1 fully saturated rings. The standard InChI is InChI=1S/C11H19N3OS/c12-10(7-15)11-5-13-8-14(11)6-9-1-3-16-4-2-9/h5,8-10,15H,1-4,6-7,12H2. The molecule has 0 aliphatic carbocycles. The summed E-state index contributed by atoms with van der Waals surface area (Å²) in [6, 6.07) is -0.305. The van der Waals surface area contributed by atoms with Gasteiger partial charge in [0.2, 0.25) is 0 Å². The zero-order chi connectivity index (χ0) is 11.4. The molecule has 1 saturated heterocycles. The van der Waals surface area contributed by atoms with Crippen LogP contribution < -0.4 is 5.73 Å². The molecular formula is C11H19N3OS. The molecule has 4 nitrogen and oxygen atoms in total. The summed E-state index contributed by atoms with van der Waals surface area (Å²) >= 11 is 2.04. The molecule has 1 aliphatic heterocycles. The van der Waals surface area contributed by atoms with E-state index in [4.69, 9.17) is 10.8 Å². The minimum absolute atomic E-state index is 0.0216. The lowest BCUT2D eigenvalue weighted by molar-refractivity contribution is 0.261. The van der Waals surface area contributed by atoms with Crippen LogP contribution in [0.25, 0.3) is 0 Å². The van der Waals surface area contributed by atoms with Crippen molar-refractivity contribution in [3.8, 4) is 0 Å².